The maximum Gasteiger partial charge on any atom is 0.338 e. The summed E-state index contributed by atoms with van der Waals surface area (Å²) < 4.78 is 5.08. The number of rotatable bonds is 5. The Labute approximate surface area is 142 Å². The number of ether oxygens (including phenoxy) is 1. The zero-order valence-electron chi connectivity index (χ0n) is 14.2. The second-order valence-electron chi connectivity index (χ2n) is 6.32. The van der Waals surface area contributed by atoms with Crippen molar-refractivity contribution in [3.8, 4) is 6.07 Å². The van der Waals surface area contributed by atoms with Crippen LogP contribution < -0.4 is 10.2 Å². The average Bonchev–Trinajstić information content (AvgIpc) is 2.60. The second-order valence-corrected chi connectivity index (χ2v) is 6.32. The van der Waals surface area contributed by atoms with Crippen molar-refractivity contribution >= 4 is 17.6 Å². The van der Waals surface area contributed by atoms with Crippen LogP contribution in [0.3, 0.4) is 0 Å². The smallest absolute Gasteiger partial charge is 0.338 e. The van der Waals surface area contributed by atoms with Crippen LogP contribution in [0, 0.1) is 11.3 Å². The van der Waals surface area contributed by atoms with Crippen LogP contribution in [0.25, 0.3) is 0 Å². The predicted molar refractivity (Wildman–Crippen MR) is 90.6 cm³/mol. The fourth-order valence-electron chi connectivity index (χ4n) is 2.85. The Balaban J connectivity index is 1.90. The third kappa shape index (κ3) is 4.48. The summed E-state index contributed by atoms with van der Waals surface area (Å²) >= 11 is 0. The van der Waals surface area contributed by atoms with Gasteiger partial charge in [-0.25, -0.2) is 4.79 Å². The summed E-state index contributed by atoms with van der Waals surface area (Å²) in [5, 5.41) is 12.1. The summed E-state index contributed by atoms with van der Waals surface area (Å²) in [6.07, 6.45) is 4.22. The molecule has 1 fully saturated rings. The molecule has 6 heteroatoms. The molecule has 0 aromatic heterocycles. The fourth-order valence-corrected chi connectivity index (χ4v) is 2.85. The van der Waals surface area contributed by atoms with E-state index in [1.807, 2.05) is 25.1 Å². The summed E-state index contributed by atoms with van der Waals surface area (Å²) in [6.45, 7) is -0.381. The van der Waals surface area contributed by atoms with Crippen LogP contribution in [-0.4, -0.2) is 38.1 Å². The molecule has 0 saturated heterocycles. The van der Waals surface area contributed by atoms with Gasteiger partial charge in [0.1, 0.15) is 5.54 Å². The van der Waals surface area contributed by atoms with Gasteiger partial charge >= 0.3 is 5.97 Å². The molecule has 0 unspecified atom stereocenters. The number of nitriles is 1. The number of nitrogens with one attached hydrogen (secondary N) is 1. The molecule has 0 bridgehead atoms. The molecule has 1 N–H and O–H groups in total. The Morgan fingerprint density at radius 1 is 1.29 bits per heavy atom. The Bertz CT molecular complexity index is 643. The third-order valence-corrected chi connectivity index (χ3v) is 4.23. The van der Waals surface area contributed by atoms with Crippen molar-refractivity contribution in [3.05, 3.63) is 29.8 Å². The lowest BCUT2D eigenvalue weighted by molar-refractivity contribution is -0.125. The zero-order chi connectivity index (χ0) is 17.6. The minimum Gasteiger partial charge on any atom is -0.452 e. The molecular weight excluding hydrogens is 306 g/mol. The number of hydrogen-bond acceptors (Lipinski definition) is 5. The molecule has 1 aliphatic carbocycles. The molecule has 0 radical (unpaired) electrons. The van der Waals surface area contributed by atoms with Gasteiger partial charge in [0.2, 0.25) is 0 Å². The molecule has 1 aliphatic rings. The van der Waals surface area contributed by atoms with E-state index >= 15 is 0 Å². The number of nitrogens with zero attached hydrogens (tertiary/aromatic N) is 2. The van der Waals surface area contributed by atoms with E-state index < -0.39 is 17.4 Å². The molecule has 128 valence electrons. The standard InChI is InChI=1S/C18H23N3O3/c1-21(2)15-8-6-7-14(11-15)17(23)24-12-16(22)20-18(13-19)9-4-3-5-10-18/h6-8,11H,3-5,9-10,12H2,1-2H3,(H,20,22). The van der Waals surface area contributed by atoms with Crippen LogP contribution >= 0.6 is 0 Å². The van der Waals surface area contributed by atoms with Crippen molar-refractivity contribution in [1.82, 2.24) is 5.32 Å². The molecular formula is C18H23N3O3. The number of amides is 1. The van der Waals surface area contributed by atoms with Crippen molar-refractivity contribution in [2.45, 2.75) is 37.6 Å². The number of esters is 1. The minimum absolute atomic E-state index is 0.381. The first-order valence-corrected chi connectivity index (χ1v) is 8.12. The quantitative estimate of drug-likeness (QED) is 0.838. The molecule has 0 spiro atoms. The molecule has 1 saturated carbocycles. The van der Waals surface area contributed by atoms with Gasteiger partial charge in [-0.05, 0) is 31.0 Å². The molecule has 0 aliphatic heterocycles. The van der Waals surface area contributed by atoms with Gasteiger partial charge in [-0.3, -0.25) is 4.79 Å². The predicted octanol–water partition coefficient (Wildman–Crippen LogP) is 2.25. The van der Waals surface area contributed by atoms with E-state index in [4.69, 9.17) is 4.74 Å². The van der Waals surface area contributed by atoms with Crippen LogP contribution in [0.4, 0.5) is 5.69 Å². The van der Waals surface area contributed by atoms with Crippen LogP contribution in [-0.2, 0) is 9.53 Å². The largest absolute Gasteiger partial charge is 0.452 e. The molecule has 2 rings (SSSR count). The van der Waals surface area contributed by atoms with E-state index in [-0.39, 0.29) is 6.61 Å². The monoisotopic (exact) mass is 329 g/mol. The Morgan fingerprint density at radius 3 is 2.62 bits per heavy atom. The summed E-state index contributed by atoms with van der Waals surface area (Å²) in [5.41, 5.74) is 0.452. The number of anilines is 1. The SMILES string of the molecule is CN(C)c1cccc(C(=O)OCC(=O)NC2(C#N)CCCCC2)c1. The highest BCUT2D eigenvalue weighted by atomic mass is 16.5. The first-order valence-electron chi connectivity index (χ1n) is 8.12. The van der Waals surface area contributed by atoms with Crippen LogP contribution in [0.2, 0.25) is 0 Å². The Hall–Kier alpha value is -2.55. The van der Waals surface area contributed by atoms with Gasteiger partial charge < -0.3 is 15.0 Å². The van der Waals surface area contributed by atoms with E-state index in [0.717, 1.165) is 24.9 Å². The molecule has 6 nitrogen and oxygen atoms in total. The lowest BCUT2D eigenvalue weighted by atomic mass is 9.83. The molecule has 24 heavy (non-hydrogen) atoms. The van der Waals surface area contributed by atoms with E-state index in [1.165, 1.54) is 0 Å². The Kier molecular flexibility index (Phi) is 5.80. The normalized spacial score (nSPS) is 15.9. The van der Waals surface area contributed by atoms with E-state index in [2.05, 4.69) is 11.4 Å². The maximum absolute atomic E-state index is 12.1. The van der Waals surface area contributed by atoms with Gasteiger partial charge in [0.25, 0.3) is 5.91 Å². The highest BCUT2D eigenvalue weighted by Gasteiger charge is 2.33. The highest BCUT2D eigenvalue weighted by Crippen LogP contribution is 2.27. The molecule has 0 atom stereocenters. The van der Waals surface area contributed by atoms with E-state index in [9.17, 15) is 14.9 Å². The fraction of sp³-hybridized carbons (Fsp3) is 0.500. The van der Waals surface area contributed by atoms with Gasteiger partial charge in [0.15, 0.2) is 6.61 Å². The molecule has 0 heterocycles. The lowest BCUT2D eigenvalue weighted by Crippen LogP contribution is -2.50. The third-order valence-electron chi connectivity index (χ3n) is 4.23. The van der Waals surface area contributed by atoms with Crippen LogP contribution in [0.15, 0.2) is 24.3 Å². The van der Waals surface area contributed by atoms with Gasteiger partial charge in [-0.1, -0.05) is 25.3 Å². The van der Waals surface area contributed by atoms with Gasteiger partial charge in [0.05, 0.1) is 11.6 Å². The molecule has 1 aromatic rings. The topological polar surface area (TPSA) is 82.4 Å². The maximum atomic E-state index is 12.1. The molecule has 1 aromatic carbocycles. The van der Waals surface area contributed by atoms with Gasteiger partial charge in [0, 0.05) is 19.8 Å². The summed E-state index contributed by atoms with van der Waals surface area (Å²) in [4.78, 5) is 26.0. The van der Waals surface area contributed by atoms with Crippen molar-refractivity contribution in [3.63, 3.8) is 0 Å². The number of hydrogen-bond donors (Lipinski definition) is 1. The van der Waals surface area contributed by atoms with Gasteiger partial charge in [-0.2, -0.15) is 5.26 Å². The second kappa shape index (κ2) is 7.82. The minimum atomic E-state index is -0.813. The van der Waals surface area contributed by atoms with Crippen LogP contribution in [0.5, 0.6) is 0 Å². The van der Waals surface area contributed by atoms with Crippen molar-refractivity contribution in [2.24, 2.45) is 0 Å². The van der Waals surface area contributed by atoms with Crippen molar-refractivity contribution in [1.29, 1.82) is 5.26 Å². The number of carbonyl (C=O) groups excluding carboxylic acids is 2. The summed E-state index contributed by atoms with van der Waals surface area (Å²) in [5.74, 6) is -0.987. The van der Waals surface area contributed by atoms with Crippen molar-refractivity contribution in [2.75, 3.05) is 25.6 Å². The number of benzene rings is 1. The first kappa shape index (κ1) is 17.8. The molecule has 1 amide bonds. The highest BCUT2D eigenvalue weighted by molar-refractivity contribution is 5.92. The lowest BCUT2D eigenvalue weighted by Gasteiger charge is -2.31. The van der Waals surface area contributed by atoms with E-state index in [0.29, 0.717) is 18.4 Å². The first-order chi connectivity index (χ1) is 11.5. The number of carbonyl (C=O) groups is 2. The van der Waals surface area contributed by atoms with Crippen LogP contribution in [0.1, 0.15) is 42.5 Å². The summed E-state index contributed by atoms with van der Waals surface area (Å²) in [7, 11) is 3.76. The summed E-state index contributed by atoms with van der Waals surface area (Å²) in [6, 6.07) is 9.20. The average molecular weight is 329 g/mol. The van der Waals surface area contributed by atoms with E-state index in [1.54, 1.807) is 18.2 Å². The Morgan fingerprint density at radius 2 is 2.00 bits per heavy atom. The van der Waals surface area contributed by atoms with Crippen molar-refractivity contribution < 1.29 is 14.3 Å². The van der Waals surface area contributed by atoms with Gasteiger partial charge in [-0.15, -0.1) is 0 Å². The zero-order valence-corrected chi connectivity index (χ0v) is 14.2.